The maximum Gasteiger partial charge on any atom is 0.243 e. The van der Waals surface area contributed by atoms with Gasteiger partial charge >= 0.3 is 0 Å². The summed E-state index contributed by atoms with van der Waals surface area (Å²) in [6.07, 6.45) is 0. The number of benzene rings is 2. The average Bonchev–Trinajstić information content (AvgIpc) is 3.09. The van der Waals surface area contributed by atoms with Gasteiger partial charge in [-0.25, -0.2) is 0 Å². The van der Waals surface area contributed by atoms with Crippen LogP contribution in [-0.2, 0) is 11.3 Å². The third kappa shape index (κ3) is 4.73. The fourth-order valence-corrected chi connectivity index (χ4v) is 2.64. The molecule has 0 spiro atoms. The zero-order valence-corrected chi connectivity index (χ0v) is 15.3. The maximum absolute atomic E-state index is 12.1. The lowest BCUT2D eigenvalue weighted by molar-refractivity contribution is -0.122. The van der Waals surface area contributed by atoms with Crippen LogP contribution in [0.3, 0.4) is 0 Å². The van der Waals surface area contributed by atoms with Crippen LogP contribution >= 0.6 is 15.9 Å². The first-order chi connectivity index (χ1) is 12.1. The smallest absolute Gasteiger partial charge is 0.243 e. The van der Waals surface area contributed by atoms with E-state index in [2.05, 4.69) is 55.7 Å². The van der Waals surface area contributed by atoms with Crippen molar-refractivity contribution < 1.29 is 4.79 Å². The summed E-state index contributed by atoms with van der Waals surface area (Å²) in [7, 11) is 0. The van der Waals surface area contributed by atoms with Crippen molar-refractivity contribution in [2.45, 2.75) is 19.4 Å². The molecule has 1 amide bonds. The molecule has 0 aliphatic carbocycles. The molecule has 0 saturated heterocycles. The predicted molar refractivity (Wildman–Crippen MR) is 98.8 cm³/mol. The van der Waals surface area contributed by atoms with Gasteiger partial charge in [0.25, 0.3) is 0 Å². The van der Waals surface area contributed by atoms with Gasteiger partial charge in [-0.15, -0.1) is 10.2 Å². The van der Waals surface area contributed by atoms with Crippen LogP contribution in [0.25, 0.3) is 11.4 Å². The van der Waals surface area contributed by atoms with Gasteiger partial charge in [0.1, 0.15) is 6.54 Å². The summed E-state index contributed by atoms with van der Waals surface area (Å²) in [6, 6.07) is 17.7. The lowest BCUT2D eigenvalue weighted by atomic mass is 10.0. The number of aromatic nitrogens is 4. The van der Waals surface area contributed by atoms with Crippen LogP contribution in [0.1, 0.15) is 18.4 Å². The van der Waals surface area contributed by atoms with Gasteiger partial charge in [0, 0.05) is 16.6 Å². The number of nitrogens with zero attached hydrogens (tertiary/aromatic N) is 4. The third-order valence-electron chi connectivity index (χ3n) is 3.81. The second kappa shape index (κ2) is 8.02. The molecule has 2 aromatic carbocycles. The highest BCUT2D eigenvalue weighted by Gasteiger charge is 2.11. The number of hydrogen-bond donors (Lipinski definition) is 1. The zero-order chi connectivity index (χ0) is 17.6. The molecule has 0 unspecified atom stereocenters. The van der Waals surface area contributed by atoms with E-state index in [0.717, 1.165) is 10.0 Å². The molecule has 25 heavy (non-hydrogen) atoms. The van der Waals surface area contributed by atoms with E-state index >= 15 is 0 Å². The van der Waals surface area contributed by atoms with Gasteiger partial charge in [-0.05, 0) is 41.0 Å². The molecule has 3 rings (SSSR count). The largest absolute Gasteiger partial charge is 0.354 e. The molecule has 6 nitrogen and oxygen atoms in total. The SMILES string of the molecule is C[C@@H](CNC(=O)Cn1nnc(-c2ccc(Br)cc2)n1)c1ccccc1. The Kier molecular flexibility index (Phi) is 5.55. The van der Waals surface area contributed by atoms with Crippen LogP contribution < -0.4 is 5.32 Å². The number of tetrazole rings is 1. The maximum atomic E-state index is 12.1. The number of nitrogens with one attached hydrogen (secondary N) is 1. The number of amides is 1. The van der Waals surface area contributed by atoms with Crippen molar-refractivity contribution in [2.75, 3.05) is 6.54 Å². The molecule has 3 aromatic rings. The summed E-state index contributed by atoms with van der Waals surface area (Å²) in [5.41, 5.74) is 2.05. The first kappa shape index (κ1) is 17.3. The summed E-state index contributed by atoms with van der Waals surface area (Å²) in [4.78, 5) is 13.4. The second-order valence-electron chi connectivity index (χ2n) is 5.77. The lowest BCUT2D eigenvalue weighted by Gasteiger charge is -2.12. The van der Waals surface area contributed by atoms with Gasteiger partial charge in [-0.3, -0.25) is 4.79 Å². The number of carbonyl (C=O) groups excluding carboxylic acids is 1. The van der Waals surface area contributed by atoms with Gasteiger partial charge in [0.2, 0.25) is 11.7 Å². The molecule has 7 heteroatoms. The van der Waals surface area contributed by atoms with E-state index in [1.165, 1.54) is 10.4 Å². The molecular formula is C18H18BrN5O. The van der Waals surface area contributed by atoms with Crippen LogP contribution in [0.5, 0.6) is 0 Å². The standard InChI is InChI=1S/C18H18BrN5O/c1-13(14-5-3-2-4-6-14)11-20-17(25)12-24-22-18(21-23-24)15-7-9-16(19)10-8-15/h2-10,13H,11-12H2,1H3,(H,20,25)/t13-/m0/s1. The predicted octanol–water partition coefficient (Wildman–Crippen LogP) is 3.02. The van der Waals surface area contributed by atoms with E-state index in [4.69, 9.17) is 0 Å². The number of hydrogen-bond acceptors (Lipinski definition) is 4. The highest BCUT2D eigenvalue weighted by Crippen LogP contribution is 2.17. The molecule has 1 heterocycles. The molecule has 1 aromatic heterocycles. The molecule has 0 aliphatic rings. The molecule has 0 saturated carbocycles. The van der Waals surface area contributed by atoms with E-state index in [-0.39, 0.29) is 18.4 Å². The fraction of sp³-hybridized carbons (Fsp3) is 0.222. The average molecular weight is 400 g/mol. The minimum absolute atomic E-state index is 0.0467. The van der Waals surface area contributed by atoms with Crippen molar-refractivity contribution in [3.8, 4) is 11.4 Å². The van der Waals surface area contributed by atoms with Crippen molar-refractivity contribution in [3.05, 3.63) is 64.6 Å². The Bertz CT molecular complexity index is 832. The topological polar surface area (TPSA) is 72.7 Å². The van der Waals surface area contributed by atoms with Gasteiger partial charge in [-0.1, -0.05) is 53.2 Å². The highest BCUT2D eigenvalue weighted by molar-refractivity contribution is 9.10. The van der Waals surface area contributed by atoms with Crippen molar-refractivity contribution in [3.63, 3.8) is 0 Å². The van der Waals surface area contributed by atoms with E-state index in [1.54, 1.807) is 0 Å². The Labute approximate surface area is 154 Å². The van der Waals surface area contributed by atoms with Crippen LogP contribution in [0, 0.1) is 0 Å². The minimum Gasteiger partial charge on any atom is -0.354 e. The number of rotatable bonds is 6. The van der Waals surface area contributed by atoms with Gasteiger partial charge in [0.05, 0.1) is 0 Å². The Hall–Kier alpha value is -2.54. The van der Waals surface area contributed by atoms with Crippen LogP contribution in [-0.4, -0.2) is 32.7 Å². The minimum atomic E-state index is -0.137. The number of carbonyl (C=O) groups is 1. The van der Waals surface area contributed by atoms with Gasteiger partial charge < -0.3 is 5.32 Å². The molecular weight excluding hydrogens is 382 g/mol. The second-order valence-corrected chi connectivity index (χ2v) is 6.68. The highest BCUT2D eigenvalue weighted by atomic mass is 79.9. The van der Waals surface area contributed by atoms with E-state index < -0.39 is 0 Å². The van der Waals surface area contributed by atoms with Crippen molar-refractivity contribution in [1.82, 2.24) is 25.5 Å². The van der Waals surface area contributed by atoms with Crippen LogP contribution in [0.2, 0.25) is 0 Å². The van der Waals surface area contributed by atoms with Crippen LogP contribution in [0.4, 0.5) is 0 Å². The van der Waals surface area contributed by atoms with Crippen molar-refractivity contribution in [1.29, 1.82) is 0 Å². The molecule has 1 N–H and O–H groups in total. The van der Waals surface area contributed by atoms with Gasteiger partial charge in [-0.2, -0.15) is 4.80 Å². The summed E-state index contributed by atoms with van der Waals surface area (Å²) in [5, 5.41) is 15.1. The van der Waals surface area contributed by atoms with Crippen LogP contribution in [0.15, 0.2) is 59.1 Å². The quantitative estimate of drug-likeness (QED) is 0.691. The molecule has 0 bridgehead atoms. The van der Waals surface area contributed by atoms with Crippen molar-refractivity contribution in [2.24, 2.45) is 0 Å². The Morgan fingerprint density at radius 2 is 1.88 bits per heavy atom. The molecule has 0 fully saturated rings. The summed E-state index contributed by atoms with van der Waals surface area (Å²) in [5.74, 6) is 0.604. The monoisotopic (exact) mass is 399 g/mol. The van der Waals surface area contributed by atoms with Crippen molar-refractivity contribution >= 4 is 21.8 Å². The molecule has 0 aliphatic heterocycles. The Balaban J connectivity index is 1.54. The fourth-order valence-electron chi connectivity index (χ4n) is 2.38. The first-order valence-electron chi connectivity index (χ1n) is 7.97. The Morgan fingerprint density at radius 3 is 2.60 bits per heavy atom. The first-order valence-corrected chi connectivity index (χ1v) is 8.76. The molecule has 1 atom stereocenters. The lowest BCUT2D eigenvalue weighted by Crippen LogP contribution is -2.31. The van der Waals surface area contributed by atoms with Gasteiger partial charge in [0.15, 0.2) is 0 Å². The Morgan fingerprint density at radius 1 is 1.16 bits per heavy atom. The third-order valence-corrected chi connectivity index (χ3v) is 4.34. The zero-order valence-electron chi connectivity index (χ0n) is 13.8. The van der Waals surface area contributed by atoms with E-state index in [1.807, 2.05) is 42.5 Å². The summed E-state index contributed by atoms with van der Waals surface area (Å²) in [6.45, 7) is 2.69. The summed E-state index contributed by atoms with van der Waals surface area (Å²) >= 11 is 3.39. The van der Waals surface area contributed by atoms with E-state index in [9.17, 15) is 4.79 Å². The molecule has 128 valence electrons. The normalized spacial score (nSPS) is 11.9. The number of halogens is 1. The van der Waals surface area contributed by atoms with E-state index in [0.29, 0.717) is 12.4 Å². The summed E-state index contributed by atoms with van der Waals surface area (Å²) < 4.78 is 0.982. The molecule has 0 radical (unpaired) electrons.